The molecule has 0 unspecified atom stereocenters. The van der Waals surface area contributed by atoms with Crippen molar-refractivity contribution in [2.24, 2.45) is 0 Å². The minimum absolute atomic E-state index is 0.226. The summed E-state index contributed by atoms with van der Waals surface area (Å²) in [4.78, 5) is 20.8. The molecule has 0 aliphatic heterocycles. The van der Waals surface area contributed by atoms with Gasteiger partial charge >= 0.3 is 11.9 Å². The number of nitrogens with one attached hydrogen (secondary N) is 1. The van der Waals surface area contributed by atoms with E-state index in [2.05, 4.69) is 0 Å². The predicted molar refractivity (Wildman–Crippen MR) is 65.1 cm³/mol. The van der Waals surface area contributed by atoms with Crippen molar-refractivity contribution in [2.45, 2.75) is 24.3 Å². The fraction of sp³-hybridized carbons (Fsp3) is 0.273. The third kappa shape index (κ3) is 4.00. The zero-order valence-corrected chi connectivity index (χ0v) is 11.1. The van der Waals surface area contributed by atoms with Crippen molar-refractivity contribution in [3.8, 4) is 0 Å². The first-order valence-electron chi connectivity index (χ1n) is 5.36. The Balaban J connectivity index is 3.06. The van der Waals surface area contributed by atoms with Crippen molar-refractivity contribution in [1.82, 2.24) is 4.72 Å². The number of rotatable bonds is 6. The van der Waals surface area contributed by atoms with E-state index in [1.54, 1.807) is 4.72 Å². The second-order valence-electron chi connectivity index (χ2n) is 4.02. The van der Waals surface area contributed by atoms with Crippen LogP contribution in [0.1, 0.15) is 12.0 Å². The largest absolute Gasteiger partial charge is 0.481 e. The number of carboxylic acids is 2. The molecule has 1 aromatic rings. The fourth-order valence-electron chi connectivity index (χ4n) is 1.35. The van der Waals surface area contributed by atoms with E-state index in [9.17, 15) is 22.4 Å². The maximum absolute atomic E-state index is 13.3. The fourth-order valence-corrected chi connectivity index (χ4v) is 2.55. The smallest absolute Gasteiger partial charge is 0.322 e. The first-order valence-corrected chi connectivity index (χ1v) is 6.85. The standard InChI is InChI=1S/C11H12FNO6S/c1-6-2-3-7(4-8(6)12)20(18,19)13-9(11(16)17)5-10(14)15/h2-4,9,13H,5H2,1H3,(H,14,15)(H,16,17)/t9-/m0/s1. The first kappa shape index (κ1) is 16.1. The molecular formula is C11H12FNO6S. The van der Waals surface area contributed by atoms with Gasteiger partial charge in [-0.25, -0.2) is 12.8 Å². The summed E-state index contributed by atoms with van der Waals surface area (Å²) in [5.41, 5.74) is 0.226. The highest BCUT2D eigenvalue weighted by atomic mass is 32.2. The van der Waals surface area contributed by atoms with E-state index in [0.29, 0.717) is 0 Å². The minimum atomic E-state index is -4.32. The van der Waals surface area contributed by atoms with Gasteiger partial charge in [0.25, 0.3) is 0 Å². The Kier molecular flexibility index (Phi) is 4.79. The van der Waals surface area contributed by atoms with E-state index in [-0.39, 0.29) is 5.56 Å². The lowest BCUT2D eigenvalue weighted by molar-refractivity contribution is -0.145. The highest BCUT2D eigenvalue weighted by molar-refractivity contribution is 7.89. The van der Waals surface area contributed by atoms with Gasteiger partial charge in [-0.05, 0) is 24.6 Å². The Morgan fingerprint density at radius 1 is 1.35 bits per heavy atom. The number of aliphatic carboxylic acids is 2. The van der Waals surface area contributed by atoms with Gasteiger partial charge in [0.1, 0.15) is 11.9 Å². The SMILES string of the molecule is Cc1ccc(S(=O)(=O)N[C@@H](CC(=O)O)C(=O)O)cc1F. The molecule has 0 aromatic heterocycles. The summed E-state index contributed by atoms with van der Waals surface area (Å²) >= 11 is 0. The molecular weight excluding hydrogens is 293 g/mol. The molecule has 0 amide bonds. The number of hydrogen-bond donors (Lipinski definition) is 3. The van der Waals surface area contributed by atoms with Crippen molar-refractivity contribution < 1.29 is 32.6 Å². The van der Waals surface area contributed by atoms with Gasteiger partial charge in [-0.3, -0.25) is 9.59 Å². The number of halogens is 1. The van der Waals surface area contributed by atoms with Gasteiger partial charge in [0.05, 0.1) is 11.3 Å². The van der Waals surface area contributed by atoms with Crippen LogP contribution in [-0.2, 0) is 19.6 Å². The Bertz CT molecular complexity index is 642. The van der Waals surface area contributed by atoms with Crippen LogP contribution in [0.3, 0.4) is 0 Å². The van der Waals surface area contributed by atoms with E-state index in [0.717, 1.165) is 12.1 Å². The Morgan fingerprint density at radius 3 is 2.40 bits per heavy atom. The van der Waals surface area contributed by atoms with Crippen LogP contribution in [-0.4, -0.2) is 36.6 Å². The molecule has 0 heterocycles. The summed E-state index contributed by atoms with van der Waals surface area (Å²) in [5, 5.41) is 17.3. The molecule has 0 saturated heterocycles. The zero-order valence-electron chi connectivity index (χ0n) is 10.3. The van der Waals surface area contributed by atoms with Crippen LogP contribution in [0.4, 0.5) is 4.39 Å². The lowest BCUT2D eigenvalue weighted by Crippen LogP contribution is -2.42. The molecule has 1 aromatic carbocycles. The predicted octanol–water partition coefficient (Wildman–Crippen LogP) is 0.340. The average molecular weight is 305 g/mol. The highest BCUT2D eigenvalue weighted by Crippen LogP contribution is 2.15. The topological polar surface area (TPSA) is 121 Å². The molecule has 1 atom stereocenters. The maximum Gasteiger partial charge on any atom is 0.322 e. The number of aryl methyl sites for hydroxylation is 1. The number of hydrogen-bond acceptors (Lipinski definition) is 4. The maximum atomic E-state index is 13.3. The first-order chi connectivity index (χ1) is 9.13. The zero-order chi connectivity index (χ0) is 15.5. The van der Waals surface area contributed by atoms with Gasteiger partial charge in [0, 0.05) is 0 Å². The van der Waals surface area contributed by atoms with Gasteiger partial charge < -0.3 is 10.2 Å². The molecule has 0 spiro atoms. The van der Waals surface area contributed by atoms with Crippen LogP contribution in [0.2, 0.25) is 0 Å². The number of carbonyl (C=O) groups is 2. The van der Waals surface area contributed by atoms with E-state index in [4.69, 9.17) is 10.2 Å². The molecule has 0 saturated carbocycles. The van der Waals surface area contributed by atoms with Gasteiger partial charge in [-0.2, -0.15) is 4.72 Å². The molecule has 7 nitrogen and oxygen atoms in total. The van der Waals surface area contributed by atoms with Crippen molar-refractivity contribution in [3.63, 3.8) is 0 Å². The molecule has 0 bridgehead atoms. The minimum Gasteiger partial charge on any atom is -0.481 e. The van der Waals surface area contributed by atoms with E-state index >= 15 is 0 Å². The second kappa shape index (κ2) is 5.97. The van der Waals surface area contributed by atoms with E-state index in [1.807, 2.05) is 0 Å². The molecule has 9 heteroatoms. The summed E-state index contributed by atoms with van der Waals surface area (Å²) in [6.07, 6.45) is -0.928. The average Bonchev–Trinajstić information content (AvgIpc) is 2.30. The Hall–Kier alpha value is -2.00. The van der Waals surface area contributed by atoms with Crippen LogP contribution < -0.4 is 4.72 Å². The van der Waals surface area contributed by atoms with Gasteiger partial charge in [0.2, 0.25) is 10.0 Å². The van der Waals surface area contributed by atoms with Crippen molar-refractivity contribution >= 4 is 22.0 Å². The van der Waals surface area contributed by atoms with Crippen LogP contribution >= 0.6 is 0 Å². The molecule has 0 fully saturated rings. The lowest BCUT2D eigenvalue weighted by atomic mass is 10.2. The molecule has 1 rings (SSSR count). The van der Waals surface area contributed by atoms with E-state index in [1.165, 1.54) is 13.0 Å². The number of carboxylic acid groups (broad SMARTS) is 2. The van der Waals surface area contributed by atoms with Gasteiger partial charge in [-0.15, -0.1) is 0 Å². The van der Waals surface area contributed by atoms with E-state index < -0.39 is 45.1 Å². The van der Waals surface area contributed by atoms with Crippen LogP contribution in [0, 0.1) is 12.7 Å². The van der Waals surface area contributed by atoms with Crippen molar-refractivity contribution in [3.05, 3.63) is 29.6 Å². The molecule has 0 aliphatic carbocycles. The Morgan fingerprint density at radius 2 is 1.95 bits per heavy atom. The van der Waals surface area contributed by atoms with Crippen LogP contribution in [0.25, 0.3) is 0 Å². The number of sulfonamides is 1. The van der Waals surface area contributed by atoms with Crippen molar-refractivity contribution in [1.29, 1.82) is 0 Å². The monoisotopic (exact) mass is 305 g/mol. The van der Waals surface area contributed by atoms with Gasteiger partial charge in [-0.1, -0.05) is 6.07 Å². The summed E-state index contributed by atoms with van der Waals surface area (Å²) < 4.78 is 38.7. The summed E-state index contributed by atoms with van der Waals surface area (Å²) in [6.45, 7) is 1.43. The van der Waals surface area contributed by atoms with Crippen molar-refractivity contribution in [2.75, 3.05) is 0 Å². The normalized spacial score (nSPS) is 12.9. The lowest BCUT2D eigenvalue weighted by Gasteiger charge is -2.13. The van der Waals surface area contributed by atoms with Crippen LogP contribution in [0.5, 0.6) is 0 Å². The molecule has 0 aliphatic rings. The third-order valence-corrected chi connectivity index (χ3v) is 3.90. The molecule has 20 heavy (non-hydrogen) atoms. The summed E-state index contributed by atoms with van der Waals surface area (Å²) in [5.74, 6) is -3.88. The van der Waals surface area contributed by atoms with Gasteiger partial charge in [0.15, 0.2) is 0 Å². The summed E-state index contributed by atoms with van der Waals surface area (Å²) in [7, 11) is -4.32. The van der Waals surface area contributed by atoms with Crippen LogP contribution in [0.15, 0.2) is 23.1 Å². The quantitative estimate of drug-likeness (QED) is 0.697. The Labute approximate surface area is 114 Å². The molecule has 0 radical (unpaired) electrons. The summed E-state index contributed by atoms with van der Waals surface area (Å²) in [6, 6.07) is 1.22. The number of benzene rings is 1. The third-order valence-electron chi connectivity index (χ3n) is 2.43. The molecule has 110 valence electrons. The second-order valence-corrected chi connectivity index (χ2v) is 5.73. The molecule has 3 N–H and O–H groups in total. The highest BCUT2D eigenvalue weighted by Gasteiger charge is 2.27.